The molecule has 9 nitrogen and oxygen atoms in total. The number of aromatic nitrogens is 3. The van der Waals surface area contributed by atoms with E-state index in [0.29, 0.717) is 28.0 Å². The zero-order valence-corrected chi connectivity index (χ0v) is 18.6. The summed E-state index contributed by atoms with van der Waals surface area (Å²) in [5.41, 5.74) is 1.94. The molecule has 0 radical (unpaired) electrons. The SMILES string of the molecule is COc1ccc(S(=O)(=O)N(C)C)cc1NC(=O)c1cc(C)nc2c1cnn2C(C)C. The Hall–Kier alpha value is -2.98. The van der Waals surface area contributed by atoms with Crippen LogP contribution in [0.2, 0.25) is 0 Å². The number of aryl methyl sites for hydroxylation is 1. The Morgan fingerprint density at radius 1 is 1.23 bits per heavy atom. The molecule has 0 saturated carbocycles. The molecule has 0 unspecified atom stereocenters. The molecule has 1 N–H and O–H groups in total. The number of nitrogens with one attached hydrogen (secondary N) is 1. The number of benzene rings is 1. The van der Waals surface area contributed by atoms with Gasteiger partial charge < -0.3 is 10.1 Å². The fourth-order valence-corrected chi connectivity index (χ4v) is 3.98. The number of fused-ring (bicyclic) bond motifs is 1. The number of carbonyl (C=O) groups is 1. The molecule has 0 saturated heterocycles. The molecule has 0 fully saturated rings. The van der Waals surface area contributed by atoms with Gasteiger partial charge in [0, 0.05) is 25.8 Å². The Labute approximate surface area is 175 Å². The molecule has 3 aromatic rings. The van der Waals surface area contributed by atoms with Crippen molar-refractivity contribution in [1.82, 2.24) is 19.1 Å². The van der Waals surface area contributed by atoms with Gasteiger partial charge >= 0.3 is 0 Å². The number of hydrogen-bond acceptors (Lipinski definition) is 6. The molecule has 0 bridgehead atoms. The van der Waals surface area contributed by atoms with E-state index in [1.807, 2.05) is 13.8 Å². The van der Waals surface area contributed by atoms with Crippen molar-refractivity contribution in [2.24, 2.45) is 0 Å². The molecule has 0 aliphatic heterocycles. The summed E-state index contributed by atoms with van der Waals surface area (Å²) in [5, 5.41) is 7.74. The fourth-order valence-electron chi connectivity index (χ4n) is 3.05. The Kier molecular flexibility index (Phi) is 5.82. The van der Waals surface area contributed by atoms with Gasteiger partial charge in [0.25, 0.3) is 5.91 Å². The smallest absolute Gasteiger partial charge is 0.256 e. The maximum Gasteiger partial charge on any atom is 0.256 e. The van der Waals surface area contributed by atoms with Gasteiger partial charge in [0.1, 0.15) is 5.75 Å². The zero-order chi connectivity index (χ0) is 22.2. The monoisotopic (exact) mass is 431 g/mol. The van der Waals surface area contributed by atoms with Crippen molar-refractivity contribution in [1.29, 1.82) is 0 Å². The molecule has 0 spiro atoms. The molecule has 160 valence electrons. The minimum absolute atomic E-state index is 0.0484. The molecule has 1 aromatic carbocycles. The van der Waals surface area contributed by atoms with E-state index in [1.165, 1.54) is 39.4 Å². The van der Waals surface area contributed by atoms with Gasteiger partial charge in [-0.2, -0.15) is 5.10 Å². The second-order valence-corrected chi connectivity index (χ2v) is 9.49. The van der Waals surface area contributed by atoms with Gasteiger partial charge in [-0.1, -0.05) is 0 Å². The maximum atomic E-state index is 13.1. The van der Waals surface area contributed by atoms with Crippen molar-refractivity contribution < 1.29 is 17.9 Å². The van der Waals surface area contributed by atoms with Crippen molar-refractivity contribution in [2.45, 2.75) is 31.7 Å². The van der Waals surface area contributed by atoms with Crippen LogP contribution in [0.5, 0.6) is 5.75 Å². The van der Waals surface area contributed by atoms with E-state index in [4.69, 9.17) is 4.74 Å². The number of anilines is 1. The lowest BCUT2D eigenvalue weighted by atomic mass is 10.1. The molecule has 10 heteroatoms. The Morgan fingerprint density at radius 3 is 2.53 bits per heavy atom. The summed E-state index contributed by atoms with van der Waals surface area (Å²) >= 11 is 0. The van der Waals surface area contributed by atoms with E-state index in [1.54, 1.807) is 23.9 Å². The van der Waals surface area contributed by atoms with Crippen molar-refractivity contribution in [3.63, 3.8) is 0 Å². The van der Waals surface area contributed by atoms with E-state index in [9.17, 15) is 13.2 Å². The van der Waals surface area contributed by atoms with Gasteiger partial charge in [-0.3, -0.25) is 4.79 Å². The van der Waals surface area contributed by atoms with Gasteiger partial charge in [-0.15, -0.1) is 0 Å². The lowest BCUT2D eigenvalue weighted by Crippen LogP contribution is -2.22. The predicted molar refractivity (Wildman–Crippen MR) is 114 cm³/mol. The number of amides is 1. The largest absolute Gasteiger partial charge is 0.495 e. The van der Waals surface area contributed by atoms with E-state index in [2.05, 4.69) is 15.4 Å². The molecule has 0 aliphatic carbocycles. The molecule has 2 aromatic heterocycles. The molecule has 0 aliphatic rings. The summed E-state index contributed by atoms with van der Waals surface area (Å²) in [7, 11) is 0.672. The number of hydrogen-bond donors (Lipinski definition) is 1. The van der Waals surface area contributed by atoms with Gasteiger partial charge in [0.05, 0.1) is 34.8 Å². The van der Waals surface area contributed by atoms with Crippen LogP contribution in [-0.2, 0) is 10.0 Å². The van der Waals surface area contributed by atoms with Gasteiger partial charge in [0.15, 0.2) is 5.65 Å². The summed E-state index contributed by atoms with van der Waals surface area (Å²) in [6, 6.07) is 6.09. The normalized spacial score (nSPS) is 12.0. The Morgan fingerprint density at radius 2 is 1.93 bits per heavy atom. The first-order valence-corrected chi connectivity index (χ1v) is 10.8. The second kappa shape index (κ2) is 8.04. The molecule has 30 heavy (non-hydrogen) atoms. The van der Waals surface area contributed by atoms with Crippen molar-refractivity contribution in [3.8, 4) is 5.75 Å². The van der Waals surface area contributed by atoms with Crippen LogP contribution in [0.1, 0.15) is 35.9 Å². The summed E-state index contributed by atoms with van der Waals surface area (Å²) < 4.78 is 33.1. The van der Waals surface area contributed by atoms with E-state index in [0.717, 1.165) is 4.31 Å². The average Bonchev–Trinajstić information content (AvgIpc) is 3.10. The first kappa shape index (κ1) is 21.7. The van der Waals surface area contributed by atoms with Crippen LogP contribution in [0.25, 0.3) is 11.0 Å². The second-order valence-electron chi connectivity index (χ2n) is 7.34. The first-order chi connectivity index (χ1) is 14.1. The minimum atomic E-state index is -3.67. The van der Waals surface area contributed by atoms with Crippen molar-refractivity contribution in [2.75, 3.05) is 26.5 Å². The number of carbonyl (C=O) groups excluding carboxylic acids is 1. The molecule has 0 atom stereocenters. The standard InChI is InChI=1S/C20H25N5O4S/c1-12(2)25-19-16(11-21-25)15(9-13(3)22-19)20(26)23-17-10-14(7-8-18(17)29-6)30(27,28)24(4)5/h7-12H,1-6H3,(H,23,26). The molecular weight excluding hydrogens is 406 g/mol. The number of methoxy groups -OCH3 is 1. The number of rotatable bonds is 6. The van der Waals surface area contributed by atoms with E-state index < -0.39 is 15.9 Å². The molecule has 2 heterocycles. The zero-order valence-electron chi connectivity index (χ0n) is 17.8. The highest BCUT2D eigenvalue weighted by Gasteiger charge is 2.22. The van der Waals surface area contributed by atoms with Crippen LogP contribution >= 0.6 is 0 Å². The average molecular weight is 432 g/mol. The summed E-state index contributed by atoms with van der Waals surface area (Å²) in [6.07, 6.45) is 1.61. The molecular formula is C20H25N5O4S. The Balaban J connectivity index is 2.06. The topological polar surface area (TPSA) is 106 Å². The lowest BCUT2D eigenvalue weighted by Gasteiger charge is -2.15. The summed E-state index contributed by atoms with van der Waals surface area (Å²) in [5.74, 6) is -0.0625. The van der Waals surface area contributed by atoms with Gasteiger partial charge in [-0.05, 0) is 45.0 Å². The highest BCUT2D eigenvalue weighted by atomic mass is 32.2. The highest BCUT2D eigenvalue weighted by molar-refractivity contribution is 7.89. The van der Waals surface area contributed by atoms with Crippen LogP contribution < -0.4 is 10.1 Å². The van der Waals surface area contributed by atoms with Crippen LogP contribution in [0.15, 0.2) is 35.4 Å². The Bertz CT molecular complexity index is 1220. The highest BCUT2D eigenvalue weighted by Crippen LogP contribution is 2.30. The number of pyridine rings is 1. The van der Waals surface area contributed by atoms with E-state index >= 15 is 0 Å². The van der Waals surface area contributed by atoms with E-state index in [-0.39, 0.29) is 16.6 Å². The predicted octanol–water partition coefficient (Wildman–Crippen LogP) is 2.83. The fraction of sp³-hybridized carbons (Fsp3) is 0.350. The molecule has 3 rings (SSSR count). The lowest BCUT2D eigenvalue weighted by molar-refractivity contribution is 0.102. The number of sulfonamides is 1. The van der Waals surface area contributed by atoms with Crippen molar-refractivity contribution >= 4 is 32.7 Å². The third kappa shape index (κ3) is 3.88. The number of nitrogens with zero attached hydrogens (tertiary/aromatic N) is 4. The van der Waals surface area contributed by atoms with Crippen LogP contribution in [0, 0.1) is 6.92 Å². The van der Waals surface area contributed by atoms with Crippen molar-refractivity contribution in [3.05, 3.63) is 41.7 Å². The maximum absolute atomic E-state index is 13.1. The van der Waals surface area contributed by atoms with Crippen LogP contribution in [0.3, 0.4) is 0 Å². The number of ether oxygens (including phenoxy) is 1. The minimum Gasteiger partial charge on any atom is -0.495 e. The van der Waals surface area contributed by atoms with Crippen LogP contribution in [-0.4, -0.2) is 54.6 Å². The first-order valence-electron chi connectivity index (χ1n) is 9.33. The third-order valence-corrected chi connectivity index (χ3v) is 6.44. The molecule has 1 amide bonds. The van der Waals surface area contributed by atoms with Gasteiger partial charge in [0.2, 0.25) is 10.0 Å². The summed E-state index contributed by atoms with van der Waals surface area (Å²) in [6.45, 7) is 5.77. The van der Waals surface area contributed by atoms with Gasteiger partial charge in [-0.25, -0.2) is 22.4 Å². The summed E-state index contributed by atoms with van der Waals surface area (Å²) in [4.78, 5) is 17.7. The quantitative estimate of drug-likeness (QED) is 0.643. The third-order valence-electron chi connectivity index (χ3n) is 4.63. The van der Waals surface area contributed by atoms with Crippen LogP contribution in [0.4, 0.5) is 5.69 Å².